The average molecular weight is 272 g/mol. The monoisotopic (exact) mass is 271 g/mol. The van der Waals surface area contributed by atoms with Gasteiger partial charge < -0.3 is 15.8 Å². The van der Waals surface area contributed by atoms with Crippen molar-refractivity contribution < 1.29 is 14.3 Å². The van der Waals surface area contributed by atoms with Gasteiger partial charge in [0.15, 0.2) is 6.10 Å². The molecule has 0 fully saturated rings. The molecule has 1 aromatic rings. The molecule has 1 aromatic carbocycles. The van der Waals surface area contributed by atoms with Crippen molar-refractivity contribution in [2.45, 2.75) is 13.0 Å². The van der Waals surface area contributed by atoms with Gasteiger partial charge in [0.2, 0.25) is 0 Å². The molecule has 0 radical (unpaired) electrons. The minimum absolute atomic E-state index is 0.339. The molecule has 7 heteroatoms. The Balaban J connectivity index is 2.63. The molecule has 0 aliphatic carbocycles. The third kappa shape index (κ3) is 3.81. The molecule has 0 spiro atoms. The van der Waals surface area contributed by atoms with Crippen LogP contribution >= 0.6 is 11.6 Å². The molecular weight excluding hydrogens is 258 g/mol. The highest BCUT2D eigenvalue weighted by atomic mass is 35.5. The van der Waals surface area contributed by atoms with Crippen LogP contribution in [0.2, 0.25) is 5.02 Å². The number of urea groups is 1. The van der Waals surface area contributed by atoms with Gasteiger partial charge in [0.05, 0.1) is 10.7 Å². The van der Waals surface area contributed by atoms with Gasteiger partial charge in [-0.2, -0.15) is 0 Å². The van der Waals surface area contributed by atoms with E-state index < -0.39 is 18.0 Å². The van der Waals surface area contributed by atoms with E-state index in [0.29, 0.717) is 16.5 Å². The van der Waals surface area contributed by atoms with E-state index in [4.69, 9.17) is 22.1 Å². The van der Waals surface area contributed by atoms with Crippen LogP contribution < -0.4 is 21.1 Å². The third-order valence-electron chi connectivity index (χ3n) is 2.12. The topological polar surface area (TPSA) is 93.5 Å². The number of amides is 3. The number of imide groups is 1. The van der Waals surface area contributed by atoms with E-state index in [1.54, 1.807) is 12.1 Å². The molecule has 1 unspecified atom stereocenters. The van der Waals surface area contributed by atoms with E-state index in [1.165, 1.54) is 20.0 Å². The minimum Gasteiger partial charge on any atom is -0.481 e. The molecule has 3 amide bonds. The summed E-state index contributed by atoms with van der Waals surface area (Å²) in [6.45, 7) is 1.52. The molecule has 0 saturated carbocycles. The third-order valence-corrected chi connectivity index (χ3v) is 2.45. The highest BCUT2D eigenvalue weighted by Gasteiger charge is 2.17. The van der Waals surface area contributed by atoms with Crippen molar-refractivity contribution in [3.05, 3.63) is 23.2 Å². The Hall–Kier alpha value is -1.95. The van der Waals surface area contributed by atoms with E-state index >= 15 is 0 Å². The van der Waals surface area contributed by atoms with Crippen LogP contribution in [0.15, 0.2) is 18.2 Å². The van der Waals surface area contributed by atoms with Crippen LogP contribution in [0.3, 0.4) is 0 Å². The Kier molecular flexibility index (Phi) is 4.79. The zero-order valence-corrected chi connectivity index (χ0v) is 10.7. The molecule has 0 aliphatic rings. The second-order valence-electron chi connectivity index (χ2n) is 3.51. The Labute approximate surface area is 109 Å². The maximum Gasteiger partial charge on any atom is 0.321 e. The van der Waals surface area contributed by atoms with Gasteiger partial charge in [-0.25, -0.2) is 4.79 Å². The van der Waals surface area contributed by atoms with Gasteiger partial charge in [-0.15, -0.1) is 0 Å². The van der Waals surface area contributed by atoms with Gasteiger partial charge in [-0.05, 0) is 19.1 Å². The number of carbonyl (C=O) groups is 2. The summed E-state index contributed by atoms with van der Waals surface area (Å²) in [6.07, 6.45) is -0.831. The molecule has 0 bridgehead atoms. The van der Waals surface area contributed by atoms with Crippen LogP contribution in [-0.2, 0) is 4.79 Å². The summed E-state index contributed by atoms with van der Waals surface area (Å²) in [4.78, 5) is 22.5. The van der Waals surface area contributed by atoms with Crippen LogP contribution in [0.4, 0.5) is 10.5 Å². The second kappa shape index (κ2) is 6.11. The number of anilines is 1. The lowest BCUT2D eigenvalue weighted by Crippen LogP contribution is -2.43. The molecule has 0 aromatic heterocycles. The summed E-state index contributed by atoms with van der Waals surface area (Å²) < 4.78 is 5.33. The fraction of sp³-hybridized carbons (Fsp3) is 0.273. The van der Waals surface area contributed by atoms with Crippen LogP contribution in [0.1, 0.15) is 6.92 Å². The quantitative estimate of drug-likeness (QED) is 0.719. The van der Waals surface area contributed by atoms with Crippen molar-refractivity contribution in [1.82, 2.24) is 10.6 Å². The number of nitrogens with one attached hydrogen (secondary N) is 2. The van der Waals surface area contributed by atoms with Gasteiger partial charge in [-0.3, -0.25) is 10.1 Å². The Morgan fingerprint density at radius 3 is 2.67 bits per heavy atom. The normalized spacial score (nSPS) is 11.5. The van der Waals surface area contributed by atoms with E-state index in [9.17, 15) is 9.59 Å². The lowest BCUT2D eigenvalue weighted by Gasteiger charge is -2.14. The van der Waals surface area contributed by atoms with E-state index in [-0.39, 0.29) is 0 Å². The molecule has 98 valence electrons. The Morgan fingerprint density at radius 1 is 1.44 bits per heavy atom. The molecule has 4 N–H and O–H groups in total. The van der Waals surface area contributed by atoms with Crippen LogP contribution in [0.5, 0.6) is 5.75 Å². The van der Waals surface area contributed by atoms with Crippen molar-refractivity contribution in [3.63, 3.8) is 0 Å². The average Bonchev–Trinajstić information content (AvgIpc) is 2.33. The summed E-state index contributed by atoms with van der Waals surface area (Å²) in [5, 5.41) is 4.71. The Morgan fingerprint density at radius 2 is 2.11 bits per heavy atom. The second-order valence-corrected chi connectivity index (χ2v) is 3.92. The fourth-order valence-corrected chi connectivity index (χ4v) is 1.29. The molecule has 1 rings (SSSR count). The van der Waals surface area contributed by atoms with Crippen molar-refractivity contribution in [3.8, 4) is 5.75 Å². The molecule has 0 saturated heterocycles. The summed E-state index contributed by atoms with van der Waals surface area (Å²) in [6, 6.07) is 4.07. The van der Waals surface area contributed by atoms with Crippen molar-refractivity contribution in [1.29, 1.82) is 0 Å². The maximum absolute atomic E-state index is 11.5. The molecule has 6 nitrogen and oxygen atoms in total. The lowest BCUT2D eigenvalue weighted by molar-refractivity contribution is -0.126. The number of ether oxygens (including phenoxy) is 1. The first-order valence-electron chi connectivity index (χ1n) is 5.18. The number of nitrogens with two attached hydrogens (primary N) is 1. The highest BCUT2D eigenvalue weighted by Crippen LogP contribution is 2.24. The lowest BCUT2D eigenvalue weighted by atomic mass is 10.3. The first-order valence-corrected chi connectivity index (χ1v) is 5.56. The number of benzene rings is 1. The van der Waals surface area contributed by atoms with Gasteiger partial charge in [0, 0.05) is 13.1 Å². The smallest absolute Gasteiger partial charge is 0.321 e. The van der Waals surface area contributed by atoms with Crippen molar-refractivity contribution >= 4 is 29.2 Å². The van der Waals surface area contributed by atoms with Crippen LogP contribution in [0, 0.1) is 0 Å². The predicted molar refractivity (Wildman–Crippen MR) is 68.6 cm³/mol. The SMILES string of the molecule is CNC(=O)NC(=O)C(C)Oc1ccc(N)c(Cl)c1. The van der Waals surface area contributed by atoms with Gasteiger partial charge in [0.1, 0.15) is 5.75 Å². The first kappa shape index (κ1) is 14.1. The largest absolute Gasteiger partial charge is 0.481 e. The van der Waals surface area contributed by atoms with E-state index in [0.717, 1.165) is 0 Å². The number of nitrogen functional groups attached to an aromatic ring is 1. The Bertz CT molecular complexity index is 465. The maximum atomic E-state index is 11.5. The van der Waals surface area contributed by atoms with E-state index in [2.05, 4.69) is 10.6 Å². The van der Waals surface area contributed by atoms with Crippen molar-refractivity contribution in [2.24, 2.45) is 0 Å². The summed E-state index contributed by atoms with van der Waals surface area (Å²) >= 11 is 5.81. The fourth-order valence-electron chi connectivity index (χ4n) is 1.11. The first-order chi connectivity index (χ1) is 8.43. The number of carbonyl (C=O) groups excluding carboxylic acids is 2. The van der Waals surface area contributed by atoms with Crippen LogP contribution in [-0.4, -0.2) is 25.1 Å². The molecule has 0 heterocycles. The van der Waals surface area contributed by atoms with Gasteiger partial charge in [-0.1, -0.05) is 11.6 Å². The molecule has 1 atom stereocenters. The zero-order chi connectivity index (χ0) is 13.7. The van der Waals surface area contributed by atoms with Crippen molar-refractivity contribution in [2.75, 3.05) is 12.8 Å². The van der Waals surface area contributed by atoms with Gasteiger partial charge >= 0.3 is 6.03 Å². The zero-order valence-electron chi connectivity index (χ0n) is 9.99. The standard InChI is InChI=1S/C11H14ClN3O3/c1-6(10(16)15-11(17)14-2)18-7-3-4-9(13)8(12)5-7/h3-6H,13H2,1-2H3,(H2,14,15,16,17). The molecule has 0 aliphatic heterocycles. The summed E-state index contributed by atoms with van der Waals surface area (Å²) in [5.41, 5.74) is 5.97. The number of halogens is 1. The molecular formula is C11H14ClN3O3. The number of hydrogen-bond acceptors (Lipinski definition) is 4. The number of hydrogen-bond donors (Lipinski definition) is 3. The van der Waals surface area contributed by atoms with E-state index in [1.807, 2.05) is 0 Å². The van der Waals surface area contributed by atoms with Crippen LogP contribution in [0.25, 0.3) is 0 Å². The number of rotatable bonds is 3. The highest BCUT2D eigenvalue weighted by molar-refractivity contribution is 6.33. The minimum atomic E-state index is -0.831. The summed E-state index contributed by atoms with van der Waals surface area (Å²) in [7, 11) is 1.41. The predicted octanol–water partition coefficient (Wildman–Crippen LogP) is 1.15. The molecule has 18 heavy (non-hydrogen) atoms. The summed E-state index contributed by atoms with van der Waals surface area (Å²) in [5.74, 6) is -0.156. The van der Waals surface area contributed by atoms with Gasteiger partial charge in [0.25, 0.3) is 5.91 Å².